The summed E-state index contributed by atoms with van der Waals surface area (Å²) in [6.45, 7) is 0. The van der Waals surface area contributed by atoms with E-state index in [0.717, 1.165) is 0 Å². The van der Waals surface area contributed by atoms with E-state index in [2.05, 4.69) is 5.32 Å². The minimum absolute atomic E-state index is 0.304. The van der Waals surface area contributed by atoms with Crippen molar-refractivity contribution in [2.75, 3.05) is 0 Å². The molecule has 0 fully saturated rings. The van der Waals surface area contributed by atoms with Crippen molar-refractivity contribution >= 4 is 29.6 Å². The molecule has 0 heterocycles. The Bertz CT molecular complexity index is 678. The number of halogens is 1. The van der Waals surface area contributed by atoms with Gasteiger partial charge in [-0.1, -0.05) is 41.9 Å². The molecule has 0 radical (unpaired) electrons. The van der Waals surface area contributed by atoms with E-state index in [1.807, 2.05) is 6.07 Å². The van der Waals surface area contributed by atoms with E-state index < -0.39 is 11.9 Å². The normalized spacial score (nSPS) is 11.0. The fraction of sp³-hybridized carbons (Fsp3) is 0. The van der Waals surface area contributed by atoms with Crippen LogP contribution in [-0.2, 0) is 4.79 Å². The van der Waals surface area contributed by atoms with Crippen LogP contribution in [0.25, 0.3) is 6.08 Å². The van der Waals surface area contributed by atoms with Crippen molar-refractivity contribution in [2.24, 2.45) is 0 Å². The van der Waals surface area contributed by atoms with Gasteiger partial charge in [-0.2, -0.15) is 0 Å². The van der Waals surface area contributed by atoms with E-state index in [9.17, 15) is 14.7 Å². The Morgan fingerprint density at radius 3 is 2.19 bits per heavy atom. The number of aliphatic carboxylic acids is 1. The molecule has 2 aromatic rings. The molecule has 0 saturated heterocycles. The van der Waals surface area contributed by atoms with Crippen LogP contribution in [0, 0.1) is 0 Å². The van der Waals surface area contributed by atoms with Crippen LogP contribution >= 0.6 is 11.6 Å². The fourth-order valence-electron chi connectivity index (χ4n) is 1.66. The smallest absolute Gasteiger partial charge is 0.255 e. The predicted octanol–water partition coefficient (Wildman–Crippen LogP) is 1.86. The van der Waals surface area contributed by atoms with Crippen molar-refractivity contribution < 1.29 is 14.7 Å². The van der Waals surface area contributed by atoms with Gasteiger partial charge in [0, 0.05) is 10.6 Å². The number of rotatable bonds is 4. The van der Waals surface area contributed by atoms with Crippen molar-refractivity contribution in [3.63, 3.8) is 0 Å². The number of carbonyl (C=O) groups excluding carboxylic acids is 2. The van der Waals surface area contributed by atoms with E-state index in [1.54, 1.807) is 36.4 Å². The molecule has 0 aliphatic heterocycles. The van der Waals surface area contributed by atoms with Crippen LogP contribution in [0.5, 0.6) is 0 Å². The highest BCUT2D eigenvalue weighted by molar-refractivity contribution is 6.30. The Balaban J connectivity index is 2.21. The maximum atomic E-state index is 12.0. The first kappa shape index (κ1) is 14.8. The second-order valence-corrected chi connectivity index (χ2v) is 4.65. The van der Waals surface area contributed by atoms with E-state index in [0.29, 0.717) is 16.1 Å². The highest BCUT2D eigenvalue weighted by atomic mass is 35.5. The molecule has 0 unspecified atom stereocenters. The number of benzene rings is 2. The molecule has 2 aromatic carbocycles. The maximum Gasteiger partial charge on any atom is 0.255 e. The van der Waals surface area contributed by atoms with Crippen LogP contribution in [0.15, 0.2) is 60.3 Å². The molecule has 1 amide bonds. The molecule has 0 bridgehead atoms. The summed E-state index contributed by atoms with van der Waals surface area (Å²) >= 11 is 5.73. The van der Waals surface area contributed by atoms with Crippen molar-refractivity contribution in [3.8, 4) is 0 Å². The molecule has 4 nitrogen and oxygen atoms in total. The van der Waals surface area contributed by atoms with Crippen LogP contribution in [0.4, 0.5) is 0 Å². The lowest BCUT2D eigenvalue weighted by molar-refractivity contribution is -0.299. The average molecular weight is 301 g/mol. The monoisotopic (exact) mass is 300 g/mol. The summed E-state index contributed by atoms with van der Waals surface area (Å²) in [5.74, 6) is -2.00. The number of carboxylic acid groups (broad SMARTS) is 1. The second kappa shape index (κ2) is 6.72. The lowest BCUT2D eigenvalue weighted by Gasteiger charge is -2.11. The number of nitrogens with one attached hydrogen (secondary N) is 1. The highest BCUT2D eigenvalue weighted by Gasteiger charge is 2.08. The Labute approximate surface area is 126 Å². The molecule has 5 heteroatoms. The number of hydrogen-bond acceptors (Lipinski definition) is 3. The van der Waals surface area contributed by atoms with Gasteiger partial charge in [-0.05, 0) is 35.9 Å². The second-order valence-electron chi connectivity index (χ2n) is 4.22. The largest absolute Gasteiger partial charge is 0.543 e. The molecule has 0 aromatic heterocycles. The molecular weight excluding hydrogens is 290 g/mol. The van der Waals surface area contributed by atoms with E-state index in [-0.39, 0.29) is 5.70 Å². The van der Waals surface area contributed by atoms with Crippen molar-refractivity contribution in [2.45, 2.75) is 0 Å². The van der Waals surface area contributed by atoms with Gasteiger partial charge in [0.25, 0.3) is 5.91 Å². The number of hydrogen-bond donors (Lipinski definition) is 1. The molecule has 0 aliphatic carbocycles. The van der Waals surface area contributed by atoms with Crippen LogP contribution in [0.2, 0.25) is 5.02 Å². The quantitative estimate of drug-likeness (QED) is 0.876. The van der Waals surface area contributed by atoms with Crippen LogP contribution < -0.4 is 10.4 Å². The molecule has 0 saturated carbocycles. The summed E-state index contributed by atoms with van der Waals surface area (Å²) in [5.41, 5.74) is 0.647. The molecule has 0 spiro atoms. The molecule has 106 valence electrons. The summed E-state index contributed by atoms with van der Waals surface area (Å²) in [7, 11) is 0. The first-order valence-electron chi connectivity index (χ1n) is 6.11. The van der Waals surface area contributed by atoms with Gasteiger partial charge < -0.3 is 15.2 Å². The summed E-state index contributed by atoms with van der Waals surface area (Å²) in [6.07, 6.45) is 1.34. The Kier molecular flexibility index (Phi) is 4.74. The average Bonchev–Trinajstić information content (AvgIpc) is 2.48. The van der Waals surface area contributed by atoms with E-state index in [1.165, 1.54) is 18.2 Å². The molecule has 2 rings (SSSR count). The SMILES string of the molecule is O=C([O-])/C(=C\c1ccccc1)NC(=O)c1ccc(Cl)cc1. The topological polar surface area (TPSA) is 69.2 Å². The lowest BCUT2D eigenvalue weighted by atomic mass is 10.1. The highest BCUT2D eigenvalue weighted by Crippen LogP contribution is 2.10. The Morgan fingerprint density at radius 1 is 1.00 bits per heavy atom. The first-order valence-corrected chi connectivity index (χ1v) is 6.49. The van der Waals surface area contributed by atoms with Gasteiger partial charge >= 0.3 is 0 Å². The first-order chi connectivity index (χ1) is 10.1. The zero-order valence-electron chi connectivity index (χ0n) is 10.9. The van der Waals surface area contributed by atoms with Gasteiger partial charge in [0.05, 0.1) is 11.7 Å². The summed E-state index contributed by atoms with van der Waals surface area (Å²) in [4.78, 5) is 23.1. The van der Waals surface area contributed by atoms with Crippen LogP contribution in [0.3, 0.4) is 0 Å². The van der Waals surface area contributed by atoms with Gasteiger partial charge in [-0.25, -0.2) is 0 Å². The van der Waals surface area contributed by atoms with Gasteiger partial charge in [0.15, 0.2) is 0 Å². The number of carbonyl (C=O) groups is 2. The van der Waals surface area contributed by atoms with Gasteiger partial charge in [-0.15, -0.1) is 0 Å². The minimum atomic E-state index is -1.46. The van der Waals surface area contributed by atoms with Gasteiger partial charge in [-0.3, -0.25) is 4.79 Å². The Morgan fingerprint density at radius 2 is 1.62 bits per heavy atom. The molecule has 1 N–H and O–H groups in total. The summed E-state index contributed by atoms with van der Waals surface area (Å²) in [6, 6.07) is 14.9. The van der Waals surface area contributed by atoms with Crippen LogP contribution in [-0.4, -0.2) is 11.9 Å². The van der Waals surface area contributed by atoms with E-state index >= 15 is 0 Å². The Hall–Kier alpha value is -2.59. The zero-order valence-corrected chi connectivity index (χ0v) is 11.6. The molecule has 0 aliphatic rings. The zero-order chi connectivity index (χ0) is 15.2. The molecule has 21 heavy (non-hydrogen) atoms. The molecular formula is C16H11ClNO3-. The lowest BCUT2D eigenvalue weighted by Crippen LogP contribution is -2.35. The standard InChI is InChI=1S/C16H12ClNO3/c17-13-8-6-12(7-9-13)15(19)18-14(16(20)21)10-11-4-2-1-3-5-11/h1-10H,(H,18,19)(H,20,21)/p-1/b14-10+. The molecule has 0 atom stereocenters. The number of carboxylic acids is 1. The summed E-state index contributed by atoms with van der Waals surface area (Å²) < 4.78 is 0. The number of amides is 1. The maximum absolute atomic E-state index is 12.0. The van der Waals surface area contributed by atoms with Crippen molar-refractivity contribution in [1.29, 1.82) is 0 Å². The third-order valence-corrected chi connectivity index (χ3v) is 2.94. The van der Waals surface area contributed by atoms with Crippen molar-refractivity contribution in [1.82, 2.24) is 5.32 Å². The minimum Gasteiger partial charge on any atom is -0.543 e. The summed E-state index contributed by atoms with van der Waals surface area (Å²) in [5, 5.41) is 13.9. The van der Waals surface area contributed by atoms with Crippen LogP contribution in [0.1, 0.15) is 15.9 Å². The van der Waals surface area contributed by atoms with Crippen molar-refractivity contribution in [3.05, 3.63) is 76.4 Å². The van der Waals surface area contributed by atoms with E-state index in [4.69, 9.17) is 11.6 Å². The third-order valence-electron chi connectivity index (χ3n) is 2.69. The fourth-order valence-corrected chi connectivity index (χ4v) is 1.78. The van der Waals surface area contributed by atoms with Gasteiger partial charge in [0.1, 0.15) is 0 Å². The van der Waals surface area contributed by atoms with Gasteiger partial charge in [0.2, 0.25) is 0 Å². The third kappa shape index (κ3) is 4.19. The predicted molar refractivity (Wildman–Crippen MR) is 78.3 cm³/mol.